The van der Waals surface area contributed by atoms with E-state index in [0.29, 0.717) is 25.8 Å². The number of carboxylic acids is 2. The second kappa shape index (κ2) is 12.9. The Morgan fingerprint density at radius 2 is 1.76 bits per heavy atom. The molecule has 1 aliphatic rings. The second-order valence-electron chi connectivity index (χ2n) is 8.06. The number of hydrogen-bond donors (Lipinski definition) is 6. The van der Waals surface area contributed by atoms with Gasteiger partial charge in [0.25, 0.3) is 0 Å². The van der Waals surface area contributed by atoms with Gasteiger partial charge in [-0.2, -0.15) is 12.6 Å². The molecule has 1 heterocycles. The summed E-state index contributed by atoms with van der Waals surface area (Å²) in [5.74, 6) is -4.54. The summed E-state index contributed by atoms with van der Waals surface area (Å²) in [6.45, 7) is 0.326. The lowest BCUT2D eigenvalue weighted by atomic mass is 10.0. The number of rotatable bonds is 12. The van der Waals surface area contributed by atoms with E-state index in [1.807, 2.05) is 30.3 Å². The van der Waals surface area contributed by atoms with Crippen molar-refractivity contribution in [3.63, 3.8) is 0 Å². The highest BCUT2D eigenvalue weighted by molar-refractivity contribution is 7.80. The molecule has 2 rings (SSSR count). The fourth-order valence-corrected chi connectivity index (χ4v) is 3.98. The lowest BCUT2D eigenvalue weighted by Gasteiger charge is -2.28. The number of nitrogens with zero attached hydrogens (tertiary/aromatic N) is 1. The van der Waals surface area contributed by atoms with Crippen LogP contribution in [0.15, 0.2) is 30.3 Å². The van der Waals surface area contributed by atoms with Crippen LogP contribution in [0.3, 0.4) is 0 Å². The molecule has 0 aliphatic carbocycles. The Labute approximate surface area is 202 Å². The first-order chi connectivity index (χ1) is 16.1. The highest BCUT2D eigenvalue weighted by Gasteiger charge is 2.38. The van der Waals surface area contributed by atoms with Gasteiger partial charge in [-0.05, 0) is 31.2 Å². The summed E-state index contributed by atoms with van der Waals surface area (Å²) in [6.07, 6.45) is 0.548. The third-order valence-electron chi connectivity index (χ3n) is 5.53. The molecule has 0 radical (unpaired) electrons. The Bertz CT molecular complexity index is 898. The van der Waals surface area contributed by atoms with Crippen LogP contribution in [0, 0.1) is 0 Å². The number of carboxylic acid groups (broad SMARTS) is 2. The van der Waals surface area contributed by atoms with Gasteiger partial charge in [0.2, 0.25) is 17.7 Å². The first-order valence-corrected chi connectivity index (χ1v) is 11.5. The predicted octanol–water partition coefficient (Wildman–Crippen LogP) is -0.604. The summed E-state index contributed by atoms with van der Waals surface area (Å²) in [5, 5.41) is 22.8. The number of benzene rings is 1. The van der Waals surface area contributed by atoms with Crippen LogP contribution in [0.2, 0.25) is 0 Å². The average Bonchev–Trinajstić information content (AvgIpc) is 3.29. The topological polar surface area (TPSA) is 179 Å². The number of amides is 3. The van der Waals surface area contributed by atoms with Crippen molar-refractivity contribution in [3.05, 3.63) is 35.9 Å². The number of likely N-dealkylation sites (tertiary alicyclic amines) is 1. The van der Waals surface area contributed by atoms with Gasteiger partial charge in [0.1, 0.15) is 18.1 Å². The van der Waals surface area contributed by atoms with Crippen LogP contribution < -0.4 is 16.4 Å². The zero-order valence-corrected chi connectivity index (χ0v) is 19.4. The first-order valence-electron chi connectivity index (χ1n) is 10.9. The summed E-state index contributed by atoms with van der Waals surface area (Å²) < 4.78 is 0. The van der Waals surface area contributed by atoms with Gasteiger partial charge in [-0.3, -0.25) is 19.2 Å². The SMILES string of the molecule is NC(Cc1ccccc1)C(=O)N1CCCC1C(=O)NC(CCC(=O)O)C(=O)NC(CS)C(=O)O. The van der Waals surface area contributed by atoms with E-state index in [2.05, 4.69) is 23.3 Å². The molecule has 0 aromatic heterocycles. The van der Waals surface area contributed by atoms with Crippen LogP contribution in [-0.4, -0.2) is 81.2 Å². The zero-order valence-electron chi connectivity index (χ0n) is 18.6. The Morgan fingerprint density at radius 1 is 1.09 bits per heavy atom. The van der Waals surface area contributed by atoms with E-state index in [-0.39, 0.29) is 12.2 Å². The number of nitrogens with one attached hydrogen (secondary N) is 2. The van der Waals surface area contributed by atoms with Crippen LogP contribution in [0.4, 0.5) is 0 Å². The number of aliphatic carboxylic acids is 2. The molecule has 11 nitrogen and oxygen atoms in total. The van der Waals surface area contributed by atoms with Gasteiger partial charge in [0.05, 0.1) is 6.04 Å². The van der Waals surface area contributed by atoms with E-state index < -0.39 is 60.2 Å². The number of thiol groups is 1. The van der Waals surface area contributed by atoms with Crippen molar-refractivity contribution in [3.8, 4) is 0 Å². The number of nitrogens with two attached hydrogens (primary N) is 1. The molecule has 4 atom stereocenters. The normalized spacial score (nSPS) is 17.9. The van der Waals surface area contributed by atoms with Gasteiger partial charge >= 0.3 is 11.9 Å². The quantitative estimate of drug-likeness (QED) is 0.208. The lowest BCUT2D eigenvalue weighted by molar-refractivity contribution is -0.143. The van der Waals surface area contributed by atoms with E-state index in [1.54, 1.807) is 0 Å². The molecule has 12 heteroatoms. The molecule has 1 fully saturated rings. The van der Waals surface area contributed by atoms with Gasteiger partial charge in [-0.25, -0.2) is 4.79 Å². The Kier molecular flexibility index (Phi) is 10.3. The van der Waals surface area contributed by atoms with Crippen molar-refractivity contribution >= 4 is 42.3 Å². The molecule has 0 saturated carbocycles. The third kappa shape index (κ3) is 7.73. The average molecular weight is 495 g/mol. The number of hydrogen-bond acceptors (Lipinski definition) is 7. The monoisotopic (exact) mass is 494 g/mol. The summed E-state index contributed by atoms with van der Waals surface area (Å²) in [4.78, 5) is 62.1. The van der Waals surface area contributed by atoms with Crippen LogP contribution in [0.25, 0.3) is 0 Å². The Morgan fingerprint density at radius 3 is 2.35 bits per heavy atom. The molecule has 3 amide bonds. The van der Waals surface area contributed by atoms with Crippen molar-refractivity contribution in [1.29, 1.82) is 0 Å². The van der Waals surface area contributed by atoms with Crippen LogP contribution >= 0.6 is 12.6 Å². The van der Waals surface area contributed by atoms with Crippen LogP contribution in [0.5, 0.6) is 0 Å². The minimum absolute atomic E-state index is 0.190. The maximum atomic E-state index is 13.0. The highest BCUT2D eigenvalue weighted by atomic mass is 32.1. The molecule has 1 saturated heterocycles. The van der Waals surface area contributed by atoms with Gasteiger partial charge in [-0.15, -0.1) is 0 Å². The number of carbonyl (C=O) groups is 5. The fraction of sp³-hybridized carbons (Fsp3) is 0.500. The molecule has 0 spiro atoms. The van der Waals surface area contributed by atoms with Crippen molar-refractivity contribution in [1.82, 2.24) is 15.5 Å². The molecule has 186 valence electrons. The van der Waals surface area contributed by atoms with E-state index >= 15 is 0 Å². The molecule has 1 aliphatic heterocycles. The Balaban J connectivity index is 2.08. The molecule has 4 unspecified atom stereocenters. The van der Waals surface area contributed by atoms with Crippen LogP contribution in [-0.2, 0) is 30.4 Å². The smallest absolute Gasteiger partial charge is 0.327 e. The summed E-state index contributed by atoms with van der Waals surface area (Å²) >= 11 is 3.88. The van der Waals surface area contributed by atoms with E-state index in [9.17, 15) is 24.0 Å². The van der Waals surface area contributed by atoms with E-state index in [4.69, 9.17) is 15.9 Å². The Hall–Kier alpha value is -3.12. The van der Waals surface area contributed by atoms with E-state index in [0.717, 1.165) is 5.56 Å². The maximum absolute atomic E-state index is 13.0. The van der Waals surface area contributed by atoms with Crippen molar-refractivity contribution in [2.24, 2.45) is 5.73 Å². The molecule has 0 bridgehead atoms. The van der Waals surface area contributed by atoms with Crippen molar-refractivity contribution < 1.29 is 34.2 Å². The van der Waals surface area contributed by atoms with Gasteiger partial charge in [-0.1, -0.05) is 30.3 Å². The minimum Gasteiger partial charge on any atom is -0.481 e. The largest absolute Gasteiger partial charge is 0.481 e. The zero-order chi connectivity index (χ0) is 25.3. The highest BCUT2D eigenvalue weighted by Crippen LogP contribution is 2.20. The molecular weight excluding hydrogens is 464 g/mol. The predicted molar refractivity (Wildman–Crippen MR) is 125 cm³/mol. The first kappa shape index (κ1) is 27.1. The molecule has 1 aromatic rings. The lowest BCUT2D eigenvalue weighted by Crippen LogP contribution is -2.57. The van der Waals surface area contributed by atoms with Gasteiger partial charge < -0.3 is 31.5 Å². The molecule has 6 N–H and O–H groups in total. The van der Waals surface area contributed by atoms with Crippen LogP contribution in [0.1, 0.15) is 31.2 Å². The summed E-state index contributed by atoms with van der Waals surface area (Å²) in [5.41, 5.74) is 6.99. The van der Waals surface area contributed by atoms with Gasteiger partial charge in [0, 0.05) is 18.7 Å². The third-order valence-corrected chi connectivity index (χ3v) is 5.90. The van der Waals surface area contributed by atoms with E-state index in [1.165, 1.54) is 4.90 Å². The maximum Gasteiger partial charge on any atom is 0.327 e. The van der Waals surface area contributed by atoms with Gasteiger partial charge in [0.15, 0.2) is 0 Å². The van der Waals surface area contributed by atoms with Crippen molar-refractivity contribution in [2.45, 2.75) is 56.3 Å². The number of carbonyl (C=O) groups excluding carboxylic acids is 3. The molecular formula is C22H30N4O7S. The summed E-state index contributed by atoms with van der Waals surface area (Å²) in [7, 11) is 0. The fourth-order valence-electron chi connectivity index (χ4n) is 3.73. The summed E-state index contributed by atoms with van der Waals surface area (Å²) in [6, 6.07) is 4.91. The van der Waals surface area contributed by atoms with Crippen molar-refractivity contribution in [2.75, 3.05) is 12.3 Å². The minimum atomic E-state index is -1.31. The molecule has 34 heavy (non-hydrogen) atoms. The standard InChI is InChI=1S/C22H30N4O7S/c23-14(11-13-5-2-1-3-6-13)21(31)26-10-4-7-17(26)20(30)24-15(8-9-18(27)28)19(29)25-16(12-34)22(32)33/h1-3,5-6,14-17,34H,4,7-12,23H2,(H,24,30)(H,25,29)(H,27,28)(H,32,33). The second-order valence-corrected chi connectivity index (χ2v) is 8.43. The molecule has 1 aromatic carbocycles.